The van der Waals surface area contributed by atoms with E-state index in [9.17, 15) is 9.59 Å². The molecular formula is C16H21NO5. The highest BCUT2D eigenvalue weighted by Crippen LogP contribution is 2.18. The fourth-order valence-electron chi connectivity index (χ4n) is 2.49. The Labute approximate surface area is 129 Å². The van der Waals surface area contributed by atoms with E-state index in [1.54, 1.807) is 29.2 Å². The summed E-state index contributed by atoms with van der Waals surface area (Å²) in [4.78, 5) is 25.8. The quantitative estimate of drug-likeness (QED) is 0.789. The van der Waals surface area contributed by atoms with Crippen LogP contribution in [0.3, 0.4) is 0 Å². The second-order valence-electron chi connectivity index (χ2n) is 5.33. The molecule has 0 saturated carbocycles. The van der Waals surface area contributed by atoms with Gasteiger partial charge in [-0.3, -0.25) is 4.79 Å². The van der Waals surface area contributed by atoms with Crippen LogP contribution in [0.5, 0.6) is 5.75 Å². The number of para-hydroxylation sites is 1. The Kier molecular flexibility index (Phi) is 5.38. The summed E-state index contributed by atoms with van der Waals surface area (Å²) < 4.78 is 15.8. The van der Waals surface area contributed by atoms with E-state index in [0.717, 1.165) is 0 Å². The van der Waals surface area contributed by atoms with E-state index in [4.69, 9.17) is 14.2 Å². The predicted octanol–water partition coefficient (Wildman–Crippen LogP) is 1.49. The molecule has 1 aliphatic rings. The molecule has 1 aromatic rings. The van der Waals surface area contributed by atoms with Crippen LogP contribution in [0, 0.1) is 0 Å². The van der Waals surface area contributed by atoms with Gasteiger partial charge in [-0.05, 0) is 26.0 Å². The summed E-state index contributed by atoms with van der Waals surface area (Å²) in [5.74, 6) is -0.362. The lowest BCUT2D eigenvalue weighted by molar-refractivity contribution is -0.146. The molecule has 1 aliphatic heterocycles. The van der Waals surface area contributed by atoms with Crippen LogP contribution < -0.4 is 4.74 Å². The first-order chi connectivity index (χ1) is 10.5. The summed E-state index contributed by atoms with van der Waals surface area (Å²) in [6, 6.07) is 6.75. The summed E-state index contributed by atoms with van der Waals surface area (Å²) in [5.41, 5.74) is 0.307. The molecule has 0 unspecified atom stereocenters. The van der Waals surface area contributed by atoms with Crippen LogP contribution in [-0.2, 0) is 14.3 Å². The van der Waals surface area contributed by atoms with Crippen molar-refractivity contribution in [1.82, 2.24) is 4.90 Å². The van der Waals surface area contributed by atoms with Crippen LogP contribution in [0.1, 0.15) is 24.2 Å². The van der Waals surface area contributed by atoms with Gasteiger partial charge in [0, 0.05) is 13.1 Å². The van der Waals surface area contributed by atoms with Crippen LogP contribution in [-0.4, -0.2) is 55.8 Å². The van der Waals surface area contributed by atoms with Crippen molar-refractivity contribution in [3.05, 3.63) is 29.8 Å². The van der Waals surface area contributed by atoms with Gasteiger partial charge in [0.05, 0.1) is 19.3 Å². The molecule has 1 aromatic carbocycles. The van der Waals surface area contributed by atoms with E-state index in [-0.39, 0.29) is 24.7 Å². The Hall–Kier alpha value is -2.08. The van der Waals surface area contributed by atoms with Crippen molar-refractivity contribution in [1.29, 1.82) is 0 Å². The zero-order valence-corrected chi connectivity index (χ0v) is 13.1. The average Bonchev–Trinajstić information content (AvgIpc) is 2.51. The maximum Gasteiger partial charge on any atom is 0.342 e. The SMILES string of the molecule is COc1ccccc1C(=O)OCC(=O)N1C[C@@H](C)O[C@H](C)C1. The van der Waals surface area contributed by atoms with Crippen LogP contribution in [0.4, 0.5) is 0 Å². The number of carbonyl (C=O) groups excluding carboxylic acids is 2. The first-order valence-electron chi connectivity index (χ1n) is 7.24. The Bertz CT molecular complexity index is 535. The molecule has 2 rings (SSSR count). The largest absolute Gasteiger partial charge is 0.496 e. The van der Waals surface area contributed by atoms with Gasteiger partial charge in [-0.1, -0.05) is 12.1 Å². The van der Waals surface area contributed by atoms with Crippen molar-refractivity contribution in [3.8, 4) is 5.75 Å². The lowest BCUT2D eigenvalue weighted by atomic mass is 10.2. The predicted molar refractivity (Wildman–Crippen MR) is 79.9 cm³/mol. The molecular weight excluding hydrogens is 286 g/mol. The fraction of sp³-hybridized carbons (Fsp3) is 0.500. The number of amides is 1. The van der Waals surface area contributed by atoms with E-state index in [0.29, 0.717) is 24.4 Å². The van der Waals surface area contributed by atoms with Crippen molar-refractivity contribution in [2.45, 2.75) is 26.1 Å². The molecule has 0 spiro atoms. The smallest absolute Gasteiger partial charge is 0.342 e. The highest BCUT2D eigenvalue weighted by atomic mass is 16.5. The van der Waals surface area contributed by atoms with Gasteiger partial charge in [-0.25, -0.2) is 4.79 Å². The molecule has 0 aliphatic carbocycles. The lowest BCUT2D eigenvalue weighted by Crippen LogP contribution is -2.49. The summed E-state index contributed by atoms with van der Waals surface area (Å²) >= 11 is 0. The standard InChI is InChI=1S/C16H21NO5/c1-11-8-17(9-12(2)22-11)15(18)10-21-16(19)13-6-4-5-7-14(13)20-3/h4-7,11-12H,8-10H2,1-3H3/t11-,12-/m1/s1. The van der Waals surface area contributed by atoms with Crippen LogP contribution in [0.25, 0.3) is 0 Å². The number of hydrogen-bond acceptors (Lipinski definition) is 5. The lowest BCUT2D eigenvalue weighted by Gasteiger charge is -2.35. The highest BCUT2D eigenvalue weighted by Gasteiger charge is 2.26. The average molecular weight is 307 g/mol. The first-order valence-corrected chi connectivity index (χ1v) is 7.24. The molecule has 22 heavy (non-hydrogen) atoms. The maximum atomic E-state index is 12.1. The van der Waals surface area contributed by atoms with Gasteiger partial charge < -0.3 is 19.1 Å². The molecule has 1 amide bonds. The molecule has 6 heteroatoms. The van der Waals surface area contributed by atoms with Gasteiger partial charge in [0.1, 0.15) is 11.3 Å². The van der Waals surface area contributed by atoms with Crippen molar-refractivity contribution in [2.24, 2.45) is 0 Å². The second-order valence-corrected chi connectivity index (χ2v) is 5.33. The third-order valence-electron chi connectivity index (χ3n) is 3.43. The van der Waals surface area contributed by atoms with E-state index >= 15 is 0 Å². The van der Waals surface area contributed by atoms with Gasteiger partial charge in [0.2, 0.25) is 0 Å². The second kappa shape index (κ2) is 7.26. The molecule has 0 N–H and O–H groups in total. The van der Waals surface area contributed by atoms with Gasteiger partial charge in [0.15, 0.2) is 6.61 Å². The Morgan fingerprint density at radius 2 is 1.86 bits per heavy atom. The number of rotatable bonds is 4. The van der Waals surface area contributed by atoms with Gasteiger partial charge in [-0.2, -0.15) is 0 Å². The molecule has 0 bridgehead atoms. The molecule has 0 aromatic heterocycles. The van der Waals surface area contributed by atoms with Gasteiger partial charge in [-0.15, -0.1) is 0 Å². The number of benzene rings is 1. The Balaban J connectivity index is 1.92. The Morgan fingerprint density at radius 1 is 1.23 bits per heavy atom. The maximum absolute atomic E-state index is 12.1. The van der Waals surface area contributed by atoms with Crippen molar-refractivity contribution in [2.75, 3.05) is 26.8 Å². The fourth-order valence-corrected chi connectivity index (χ4v) is 2.49. The number of ether oxygens (including phenoxy) is 3. The molecule has 2 atom stereocenters. The van der Waals surface area contributed by atoms with Gasteiger partial charge in [0.25, 0.3) is 5.91 Å². The number of esters is 1. The van der Waals surface area contributed by atoms with E-state index in [1.165, 1.54) is 7.11 Å². The number of nitrogens with zero attached hydrogens (tertiary/aromatic N) is 1. The molecule has 0 radical (unpaired) electrons. The minimum Gasteiger partial charge on any atom is -0.496 e. The zero-order valence-electron chi connectivity index (χ0n) is 13.1. The molecule has 1 heterocycles. The minimum absolute atomic E-state index is 0.0161. The number of methoxy groups -OCH3 is 1. The van der Waals surface area contributed by atoms with Crippen LogP contribution in [0.15, 0.2) is 24.3 Å². The van der Waals surface area contributed by atoms with Crippen molar-refractivity contribution < 1.29 is 23.8 Å². The van der Waals surface area contributed by atoms with Crippen molar-refractivity contribution in [3.63, 3.8) is 0 Å². The monoisotopic (exact) mass is 307 g/mol. The summed E-state index contributed by atoms with van der Waals surface area (Å²) in [5, 5.41) is 0. The summed E-state index contributed by atoms with van der Waals surface area (Å²) in [6.07, 6.45) is -0.0322. The summed E-state index contributed by atoms with van der Waals surface area (Å²) in [6.45, 7) is 4.56. The van der Waals surface area contributed by atoms with E-state index < -0.39 is 5.97 Å². The summed E-state index contributed by atoms with van der Waals surface area (Å²) in [7, 11) is 1.48. The topological polar surface area (TPSA) is 65.1 Å². The molecule has 120 valence electrons. The van der Waals surface area contributed by atoms with Crippen LogP contribution in [0.2, 0.25) is 0 Å². The minimum atomic E-state index is -0.569. The third kappa shape index (κ3) is 3.98. The van der Waals surface area contributed by atoms with Gasteiger partial charge >= 0.3 is 5.97 Å². The number of carbonyl (C=O) groups is 2. The number of morpholine rings is 1. The first kappa shape index (κ1) is 16.3. The molecule has 1 saturated heterocycles. The normalized spacial score (nSPS) is 21.3. The molecule has 1 fully saturated rings. The van der Waals surface area contributed by atoms with Crippen molar-refractivity contribution >= 4 is 11.9 Å². The Morgan fingerprint density at radius 3 is 2.50 bits per heavy atom. The van der Waals surface area contributed by atoms with Crippen LogP contribution >= 0.6 is 0 Å². The van der Waals surface area contributed by atoms with E-state index in [2.05, 4.69) is 0 Å². The molecule has 6 nitrogen and oxygen atoms in total. The highest BCUT2D eigenvalue weighted by molar-refractivity contribution is 5.94. The zero-order chi connectivity index (χ0) is 16.1. The third-order valence-corrected chi connectivity index (χ3v) is 3.43. The van der Waals surface area contributed by atoms with E-state index in [1.807, 2.05) is 13.8 Å². The number of hydrogen-bond donors (Lipinski definition) is 0.